The fourth-order valence-electron chi connectivity index (χ4n) is 3.85. The van der Waals surface area contributed by atoms with Crippen LogP contribution in [-0.2, 0) is 13.1 Å². The van der Waals surface area contributed by atoms with Crippen LogP contribution in [0.4, 0.5) is 4.39 Å². The molecular formula is C26H26FN5O. The molecule has 1 atom stereocenters. The Bertz CT molecular complexity index is 1310. The number of carbonyl (C=O) groups is 1. The van der Waals surface area contributed by atoms with Gasteiger partial charge in [0.15, 0.2) is 0 Å². The number of nitrogens with one attached hydrogen (secondary N) is 2. The van der Waals surface area contributed by atoms with Crippen molar-refractivity contribution in [3.05, 3.63) is 107 Å². The summed E-state index contributed by atoms with van der Waals surface area (Å²) in [7, 11) is 0. The maximum atomic E-state index is 13.3. The summed E-state index contributed by atoms with van der Waals surface area (Å²) in [6, 6.07) is 21.0. The maximum absolute atomic E-state index is 13.3. The molecule has 0 saturated heterocycles. The van der Waals surface area contributed by atoms with Gasteiger partial charge >= 0.3 is 0 Å². The van der Waals surface area contributed by atoms with Gasteiger partial charge in [0.05, 0.1) is 6.04 Å². The summed E-state index contributed by atoms with van der Waals surface area (Å²) in [6.07, 6.45) is 0. The number of nitrogens with zero attached hydrogens (tertiary/aromatic N) is 1. The van der Waals surface area contributed by atoms with Gasteiger partial charge in [-0.25, -0.2) is 4.39 Å². The minimum Gasteiger partial charge on any atom is -0.384 e. The smallest absolute Gasteiger partial charge is 0.268 e. The van der Waals surface area contributed by atoms with Gasteiger partial charge in [-0.05, 0) is 47.9 Å². The predicted octanol–water partition coefficient (Wildman–Crippen LogP) is 4.06. The Morgan fingerprint density at radius 1 is 1.03 bits per heavy atom. The second-order valence-electron chi connectivity index (χ2n) is 8.07. The molecule has 0 aliphatic rings. The monoisotopic (exact) mass is 443 g/mol. The third-order valence-corrected chi connectivity index (χ3v) is 5.76. The molecule has 1 amide bonds. The van der Waals surface area contributed by atoms with Crippen LogP contribution >= 0.6 is 0 Å². The van der Waals surface area contributed by atoms with E-state index in [1.165, 1.54) is 12.1 Å². The van der Waals surface area contributed by atoms with Gasteiger partial charge in [0.25, 0.3) is 5.91 Å². The number of nitrogen functional groups attached to an aromatic ring is 1. The van der Waals surface area contributed by atoms with Gasteiger partial charge in [-0.1, -0.05) is 48.5 Å². The van der Waals surface area contributed by atoms with Gasteiger partial charge in [-0.3, -0.25) is 10.2 Å². The summed E-state index contributed by atoms with van der Waals surface area (Å²) < 4.78 is 15.2. The second kappa shape index (κ2) is 9.26. The summed E-state index contributed by atoms with van der Waals surface area (Å²) in [4.78, 5) is 13.3. The van der Waals surface area contributed by atoms with E-state index in [9.17, 15) is 9.18 Å². The van der Waals surface area contributed by atoms with E-state index in [0.717, 1.165) is 27.6 Å². The third kappa shape index (κ3) is 4.78. The van der Waals surface area contributed by atoms with E-state index in [1.54, 1.807) is 18.2 Å². The van der Waals surface area contributed by atoms with Crippen LogP contribution in [0.25, 0.3) is 10.9 Å². The highest BCUT2D eigenvalue weighted by Crippen LogP contribution is 2.24. The topological polar surface area (TPSA) is 110 Å². The van der Waals surface area contributed by atoms with Crippen LogP contribution in [0.1, 0.15) is 45.7 Å². The van der Waals surface area contributed by atoms with Gasteiger partial charge in [0, 0.05) is 29.6 Å². The zero-order valence-corrected chi connectivity index (χ0v) is 18.3. The van der Waals surface area contributed by atoms with Crippen LogP contribution in [0.5, 0.6) is 0 Å². The molecule has 0 unspecified atom stereocenters. The zero-order valence-electron chi connectivity index (χ0n) is 18.3. The molecule has 4 rings (SSSR count). The number of benzene rings is 3. The fourth-order valence-corrected chi connectivity index (χ4v) is 3.85. The largest absolute Gasteiger partial charge is 0.384 e. The number of hydrogen-bond acceptors (Lipinski definition) is 3. The quantitative estimate of drug-likeness (QED) is 0.255. The fraction of sp³-hybridized carbons (Fsp3) is 0.154. The first-order valence-corrected chi connectivity index (χ1v) is 10.7. The molecule has 6 N–H and O–H groups in total. The molecule has 1 heterocycles. The Kier molecular flexibility index (Phi) is 6.24. The highest BCUT2D eigenvalue weighted by atomic mass is 19.1. The molecule has 0 aliphatic heterocycles. The molecule has 0 aliphatic carbocycles. The molecule has 4 aromatic rings. The van der Waals surface area contributed by atoms with Crippen molar-refractivity contribution in [2.24, 2.45) is 11.5 Å². The number of hydrogen-bond donors (Lipinski definition) is 4. The van der Waals surface area contributed by atoms with E-state index in [4.69, 9.17) is 16.9 Å². The predicted molar refractivity (Wildman–Crippen MR) is 129 cm³/mol. The molecule has 0 spiro atoms. The van der Waals surface area contributed by atoms with Crippen molar-refractivity contribution >= 4 is 22.6 Å². The Morgan fingerprint density at radius 3 is 2.33 bits per heavy atom. The first kappa shape index (κ1) is 22.2. The van der Waals surface area contributed by atoms with Gasteiger partial charge in [-0.2, -0.15) is 0 Å². The van der Waals surface area contributed by atoms with Crippen LogP contribution in [0.15, 0.2) is 72.8 Å². The number of rotatable bonds is 7. The van der Waals surface area contributed by atoms with Crippen molar-refractivity contribution in [1.82, 2.24) is 9.88 Å². The summed E-state index contributed by atoms with van der Waals surface area (Å²) in [5.74, 6) is -0.599. The average molecular weight is 444 g/mol. The number of fused-ring (bicyclic) bond motifs is 1. The van der Waals surface area contributed by atoms with E-state index in [0.29, 0.717) is 24.3 Å². The second-order valence-corrected chi connectivity index (χ2v) is 8.07. The van der Waals surface area contributed by atoms with Crippen LogP contribution in [0.3, 0.4) is 0 Å². The van der Waals surface area contributed by atoms with Gasteiger partial charge in [0.2, 0.25) is 0 Å². The van der Waals surface area contributed by atoms with E-state index < -0.39 is 0 Å². The molecule has 168 valence electrons. The third-order valence-electron chi connectivity index (χ3n) is 5.76. The summed E-state index contributed by atoms with van der Waals surface area (Å²) in [6.45, 7) is 2.78. The standard InChI is InChI=1S/C26H26FN5O/c1-16(19-8-10-22(27)11-9-19)31-26(33)24-12-20-6-7-21(25(29)30)13-23(20)32(24)15-18-4-2-17(14-28)3-5-18/h2-13,16H,14-15,28H2,1H3,(H3,29,30)(H,31,33)/t16-/m0/s1. The lowest BCUT2D eigenvalue weighted by Crippen LogP contribution is -2.28. The van der Waals surface area contributed by atoms with Crippen LogP contribution in [0, 0.1) is 11.2 Å². The number of amidine groups is 1. The number of amides is 1. The normalized spacial score (nSPS) is 12.0. The van der Waals surface area contributed by atoms with Crippen LogP contribution < -0.4 is 16.8 Å². The summed E-state index contributed by atoms with van der Waals surface area (Å²) in [5.41, 5.74) is 16.2. The molecular weight excluding hydrogens is 417 g/mol. The molecule has 1 aromatic heterocycles. The Hall–Kier alpha value is -3.97. The molecule has 0 fully saturated rings. The van der Waals surface area contributed by atoms with Crippen molar-refractivity contribution in [2.75, 3.05) is 0 Å². The van der Waals surface area contributed by atoms with E-state index in [2.05, 4.69) is 5.32 Å². The lowest BCUT2D eigenvalue weighted by Gasteiger charge is -2.16. The van der Waals surface area contributed by atoms with Crippen molar-refractivity contribution < 1.29 is 9.18 Å². The lowest BCUT2D eigenvalue weighted by atomic mass is 10.1. The van der Waals surface area contributed by atoms with Crippen LogP contribution in [0.2, 0.25) is 0 Å². The minimum atomic E-state index is -0.320. The van der Waals surface area contributed by atoms with Gasteiger partial charge in [-0.15, -0.1) is 0 Å². The molecule has 0 radical (unpaired) electrons. The lowest BCUT2D eigenvalue weighted by molar-refractivity contribution is 0.0931. The Balaban J connectivity index is 1.72. The maximum Gasteiger partial charge on any atom is 0.268 e. The SMILES string of the molecule is C[C@H](NC(=O)c1cc2ccc(C(=N)N)cc2n1Cc1ccc(CN)cc1)c1ccc(F)cc1. The molecule has 6 nitrogen and oxygen atoms in total. The zero-order chi connectivity index (χ0) is 23.5. The first-order chi connectivity index (χ1) is 15.9. The Morgan fingerprint density at radius 2 is 1.70 bits per heavy atom. The van der Waals surface area contributed by atoms with Gasteiger partial charge < -0.3 is 21.4 Å². The number of carbonyl (C=O) groups excluding carboxylic acids is 1. The highest BCUT2D eigenvalue weighted by molar-refractivity contribution is 6.02. The van der Waals surface area contributed by atoms with Crippen molar-refractivity contribution in [3.63, 3.8) is 0 Å². The van der Waals surface area contributed by atoms with E-state index in [1.807, 2.05) is 54.0 Å². The van der Waals surface area contributed by atoms with Gasteiger partial charge in [0.1, 0.15) is 17.3 Å². The first-order valence-electron chi connectivity index (χ1n) is 10.7. The minimum absolute atomic E-state index is 0.0344. The van der Waals surface area contributed by atoms with Crippen LogP contribution in [-0.4, -0.2) is 16.3 Å². The molecule has 7 heteroatoms. The summed E-state index contributed by atoms with van der Waals surface area (Å²) in [5, 5.41) is 11.7. The number of nitrogens with two attached hydrogens (primary N) is 2. The van der Waals surface area contributed by atoms with Crippen molar-refractivity contribution in [2.45, 2.75) is 26.1 Å². The molecule has 0 saturated carbocycles. The molecule has 33 heavy (non-hydrogen) atoms. The van der Waals surface area contributed by atoms with E-state index in [-0.39, 0.29) is 23.6 Å². The Labute approximate surface area is 191 Å². The number of halogens is 1. The van der Waals surface area contributed by atoms with E-state index >= 15 is 0 Å². The van der Waals surface area contributed by atoms with Crippen molar-refractivity contribution in [1.29, 1.82) is 5.41 Å². The molecule has 0 bridgehead atoms. The molecule has 3 aromatic carbocycles. The number of aromatic nitrogens is 1. The average Bonchev–Trinajstić information content (AvgIpc) is 3.17. The highest BCUT2D eigenvalue weighted by Gasteiger charge is 2.19. The summed E-state index contributed by atoms with van der Waals surface area (Å²) >= 11 is 0. The van der Waals surface area contributed by atoms with Crippen molar-refractivity contribution in [3.8, 4) is 0 Å².